The van der Waals surface area contributed by atoms with E-state index in [1.54, 1.807) is 12.1 Å². The van der Waals surface area contributed by atoms with Crippen molar-refractivity contribution in [1.82, 2.24) is 14.8 Å². The lowest BCUT2D eigenvalue weighted by atomic mass is 10.2. The highest BCUT2D eigenvalue weighted by Crippen LogP contribution is 2.24. The predicted molar refractivity (Wildman–Crippen MR) is 107 cm³/mol. The third-order valence-electron chi connectivity index (χ3n) is 3.70. The van der Waals surface area contributed by atoms with E-state index in [1.807, 2.05) is 54.9 Å². The molecule has 0 unspecified atom stereocenters. The summed E-state index contributed by atoms with van der Waals surface area (Å²) < 4.78 is 1.81. The van der Waals surface area contributed by atoms with Gasteiger partial charge in [-0.25, -0.2) is 0 Å². The maximum Gasteiger partial charge on any atom is 0.268 e. The molecule has 136 valence electrons. The van der Waals surface area contributed by atoms with Crippen LogP contribution in [0.1, 0.15) is 30.5 Å². The lowest BCUT2D eigenvalue weighted by Gasteiger charge is -2.09. The number of hydrogen-bond acceptors (Lipinski definition) is 5. The second-order valence-corrected chi connectivity index (χ2v) is 7.39. The normalized spacial score (nSPS) is 11.4. The molecule has 0 fully saturated rings. The molecule has 0 atom stereocenters. The van der Waals surface area contributed by atoms with Crippen molar-refractivity contribution in [3.63, 3.8) is 0 Å². The Bertz CT molecular complexity index is 1040. The molecule has 1 amide bonds. The van der Waals surface area contributed by atoms with Crippen molar-refractivity contribution in [1.29, 1.82) is 5.26 Å². The van der Waals surface area contributed by atoms with E-state index in [4.69, 9.17) is 11.6 Å². The number of aromatic nitrogens is 3. The van der Waals surface area contributed by atoms with E-state index < -0.39 is 5.91 Å². The minimum atomic E-state index is -0.532. The van der Waals surface area contributed by atoms with Crippen LogP contribution >= 0.6 is 22.9 Å². The van der Waals surface area contributed by atoms with Gasteiger partial charge in [0, 0.05) is 17.8 Å². The SMILES string of the molecule is CC(C)c1nnc(NC(=O)/C(C#N)=C\c2cccn2-c2ccccc2Cl)s1. The van der Waals surface area contributed by atoms with Crippen LogP contribution in [0.3, 0.4) is 0 Å². The fraction of sp³-hybridized carbons (Fsp3) is 0.158. The number of nitrogens with zero attached hydrogens (tertiary/aromatic N) is 4. The highest BCUT2D eigenvalue weighted by atomic mass is 35.5. The summed E-state index contributed by atoms with van der Waals surface area (Å²) >= 11 is 7.55. The number of rotatable bonds is 5. The van der Waals surface area contributed by atoms with Crippen LogP contribution in [0.5, 0.6) is 0 Å². The van der Waals surface area contributed by atoms with Gasteiger partial charge in [-0.3, -0.25) is 10.1 Å². The highest BCUT2D eigenvalue weighted by Gasteiger charge is 2.15. The Kier molecular flexibility index (Phi) is 5.69. The molecular formula is C19H16ClN5OS. The maximum absolute atomic E-state index is 12.5. The zero-order valence-electron chi connectivity index (χ0n) is 14.7. The minimum Gasteiger partial charge on any atom is -0.316 e. The number of nitriles is 1. The summed E-state index contributed by atoms with van der Waals surface area (Å²) in [4.78, 5) is 12.5. The van der Waals surface area contributed by atoms with Crippen molar-refractivity contribution < 1.29 is 4.79 Å². The molecule has 2 aromatic heterocycles. The minimum absolute atomic E-state index is 0.0386. The van der Waals surface area contributed by atoms with Gasteiger partial charge in [0.1, 0.15) is 16.6 Å². The summed E-state index contributed by atoms with van der Waals surface area (Å²) in [7, 11) is 0. The molecule has 27 heavy (non-hydrogen) atoms. The number of anilines is 1. The van der Waals surface area contributed by atoms with E-state index in [9.17, 15) is 10.1 Å². The standard InChI is InChI=1S/C19H16ClN5OS/c1-12(2)18-23-24-19(27-18)22-17(26)13(11-21)10-14-6-5-9-25(14)16-8-4-3-7-15(16)20/h3-10,12H,1-2H3,(H,22,24,26)/b13-10-. The van der Waals surface area contributed by atoms with Gasteiger partial charge in [0.15, 0.2) is 0 Å². The summed E-state index contributed by atoms with van der Waals surface area (Å²) in [6.45, 7) is 3.99. The van der Waals surface area contributed by atoms with Gasteiger partial charge < -0.3 is 4.57 Å². The van der Waals surface area contributed by atoms with Gasteiger partial charge in [0.2, 0.25) is 5.13 Å². The molecule has 8 heteroatoms. The first-order valence-corrected chi connectivity index (χ1v) is 9.38. The number of amides is 1. The molecule has 3 rings (SSSR count). The molecule has 0 bridgehead atoms. The van der Waals surface area contributed by atoms with E-state index in [-0.39, 0.29) is 11.5 Å². The van der Waals surface area contributed by atoms with Crippen LogP contribution in [0.15, 0.2) is 48.2 Å². The number of para-hydroxylation sites is 1. The Morgan fingerprint density at radius 2 is 2.07 bits per heavy atom. The van der Waals surface area contributed by atoms with Crippen LogP contribution in [0.2, 0.25) is 5.02 Å². The lowest BCUT2D eigenvalue weighted by Crippen LogP contribution is -2.13. The second-order valence-electron chi connectivity index (χ2n) is 5.98. The molecule has 0 aliphatic heterocycles. The zero-order chi connectivity index (χ0) is 19.4. The third kappa shape index (κ3) is 4.25. The van der Waals surface area contributed by atoms with Gasteiger partial charge >= 0.3 is 0 Å². The fourth-order valence-electron chi connectivity index (χ4n) is 2.36. The van der Waals surface area contributed by atoms with E-state index in [0.717, 1.165) is 10.7 Å². The highest BCUT2D eigenvalue weighted by molar-refractivity contribution is 7.15. The van der Waals surface area contributed by atoms with Gasteiger partial charge in [-0.05, 0) is 30.3 Å². The molecular weight excluding hydrogens is 382 g/mol. The topological polar surface area (TPSA) is 83.6 Å². The molecule has 0 saturated heterocycles. The van der Waals surface area contributed by atoms with Crippen LogP contribution in [0, 0.1) is 11.3 Å². The molecule has 0 saturated carbocycles. The van der Waals surface area contributed by atoms with E-state index >= 15 is 0 Å². The van der Waals surface area contributed by atoms with Crippen molar-refractivity contribution in [3.8, 4) is 11.8 Å². The van der Waals surface area contributed by atoms with Crippen molar-refractivity contribution in [3.05, 3.63) is 63.9 Å². The molecule has 1 aromatic carbocycles. The molecule has 1 N–H and O–H groups in total. The van der Waals surface area contributed by atoms with Crippen LogP contribution in [-0.4, -0.2) is 20.7 Å². The van der Waals surface area contributed by atoms with Crippen LogP contribution in [0.4, 0.5) is 5.13 Å². The third-order valence-corrected chi connectivity index (χ3v) is 5.16. The summed E-state index contributed by atoms with van der Waals surface area (Å²) in [5, 5.41) is 21.8. The Morgan fingerprint density at radius 1 is 1.30 bits per heavy atom. The van der Waals surface area contributed by atoms with E-state index in [0.29, 0.717) is 15.8 Å². The van der Waals surface area contributed by atoms with Gasteiger partial charge in [0.25, 0.3) is 5.91 Å². The molecule has 0 radical (unpaired) electrons. The molecule has 0 aliphatic carbocycles. The van der Waals surface area contributed by atoms with Crippen molar-refractivity contribution in [2.45, 2.75) is 19.8 Å². The Morgan fingerprint density at radius 3 is 2.74 bits per heavy atom. The summed E-state index contributed by atoms with van der Waals surface area (Å²) in [6, 6.07) is 12.9. The van der Waals surface area contributed by atoms with Crippen LogP contribution in [0.25, 0.3) is 11.8 Å². The number of halogens is 1. The average Bonchev–Trinajstić information content (AvgIpc) is 3.29. The van der Waals surface area contributed by atoms with Gasteiger partial charge in [0.05, 0.1) is 10.7 Å². The molecule has 2 heterocycles. The molecule has 3 aromatic rings. The Balaban J connectivity index is 1.87. The summed E-state index contributed by atoms with van der Waals surface area (Å²) in [5.74, 6) is -0.311. The number of carbonyl (C=O) groups excluding carboxylic acids is 1. The van der Waals surface area contributed by atoms with E-state index in [1.165, 1.54) is 17.4 Å². The smallest absolute Gasteiger partial charge is 0.268 e. The predicted octanol–water partition coefficient (Wildman–Crippen LogP) is 4.65. The van der Waals surface area contributed by atoms with Crippen molar-refractivity contribution in [2.75, 3.05) is 5.32 Å². The summed E-state index contributed by atoms with van der Waals surface area (Å²) in [6.07, 6.45) is 3.34. The summed E-state index contributed by atoms with van der Waals surface area (Å²) in [5.41, 5.74) is 1.39. The molecule has 6 nitrogen and oxygen atoms in total. The first-order chi connectivity index (χ1) is 13.0. The quantitative estimate of drug-likeness (QED) is 0.501. The molecule has 0 aliphatic rings. The first kappa shape index (κ1) is 18.8. The van der Waals surface area contributed by atoms with Gasteiger partial charge in [-0.2, -0.15) is 5.26 Å². The largest absolute Gasteiger partial charge is 0.316 e. The Hall–Kier alpha value is -2.95. The van der Waals surface area contributed by atoms with Crippen molar-refractivity contribution >= 4 is 40.1 Å². The van der Waals surface area contributed by atoms with E-state index in [2.05, 4.69) is 15.5 Å². The lowest BCUT2D eigenvalue weighted by molar-refractivity contribution is -0.112. The molecule has 0 spiro atoms. The fourth-order valence-corrected chi connectivity index (χ4v) is 3.33. The monoisotopic (exact) mass is 397 g/mol. The average molecular weight is 398 g/mol. The van der Waals surface area contributed by atoms with Crippen LogP contribution < -0.4 is 5.32 Å². The number of hydrogen-bond donors (Lipinski definition) is 1. The van der Waals surface area contributed by atoms with Crippen LogP contribution in [-0.2, 0) is 4.79 Å². The number of carbonyl (C=O) groups is 1. The first-order valence-electron chi connectivity index (χ1n) is 8.18. The Labute approximate surface area is 165 Å². The number of benzene rings is 1. The van der Waals surface area contributed by atoms with Gasteiger partial charge in [-0.1, -0.05) is 48.9 Å². The number of nitrogens with one attached hydrogen (secondary N) is 1. The zero-order valence-corrected chi connectivity index (χ0v) is 16.3. The van der Waals surface area contributed by atoms with Crippen molar-refractivity contribution in [2.24, 2.45) is 0 Å². The second kappa shape index (κ2) is 8.16. The maximum atomic E-state index is 12.5. The van der Waals surface area contributed by atoms with Gasteiger partial charge in [-0.15, -0.1) is 10.2 Å².